The second-order valence-electron chi connectivity index (χ2n) is 6.83. The van der Waals surface area contributed by atoms with Crippen LogP contribution >= 0.6 is 0 Å². The van der Waals surface area contributed by atoms with Gasteiger partial charge < -0.3 is 33.8 Å². The van der Waals surface area contributed by atoms with Crippen molar-refractivity contribution in [1.82, 2.24) is 4.98 Å². The normalized spacial score (nSPS) is 14.3. The molecule has 0 aliphatic rings. The molecule has 0 unspecified atom stereocenters. The fraction of sp³-hybridized carbons (Fsp3) is 0.556. The third-order valence-corrected chi connectivity index (χ3v) is 3.57. The second-order valence-corrected chi connectivity index (χ2v) is 6.83. The smallest absolute Gasteiger partial charge is 0.347 e. The van der Waals surface area contributed by atoms with Gasteiger partial charge in [-0.1, -0.05) is 20.8 Å². The lowest BCUT2D eigenvalue weighted by Gasteiger charge is -2.27. The summed E-state index contributed by atoms with van der Waals surface area (Å²) in [5.74, 6) is -3.12. The number of nitrogens with one attached hydrogen (secondary N) is 1. The molecule has 2 N–H and O–H groups in total. The molecule has 0 amide bonds. The van der Waals surface area contributed by atoms with E-state index in [1.165, 1.54) is 25.4 Å². The first kappa shape index (κ1) is 24.1. The average molecular weight is 412 g/mol. The Kier molecular flexibility index (Phi) is 9.27. The van der Waals surface area contributed by atoms with Crippen molar-refractivity contribution in [1.29, 1.82) is 5.26 Å². The molecule has 1 aromatic rings. The fourth-order valence-electron chi connectivity index (χ4n) is 2.23. The zero-order valence-corrected chi connectivity index (χ0v) is 16.5. The largest absolute Gasteiger partial charge is 0.479 e. The van der Waals surface area contributed by atoms with Gasteiger partial charge >= 0.3 is 17.9 Å². The number of ether oxygens (including phenoxy) is 5. The summed E-state index contributed by atoms with van der Waals surface area (Å²) in [5.41, 5.74) is -0.206. The lowest BCUT2D eigenvalue weighted by molar-refractivity contribution is -0.193. The van der Waals surface area contributed by atoms with Crippen molar-refractivity contribution in [3.05, 3.63) is 24.0 Å². The van der Waals surface area contributed by atoms with Crippen LogP contribution in [-0.2, 0) is 38.1 Å². The molecule has 0 aliphatic carbocycles. The Bertz CT molecular complexity index is 719. The summed E-state index contributed by atoms with van der Waals surface area (Å²) in [5, 5.41) is 17.3. The van der Waals surface area contributed by atoms with Crippen LogP contribution in [0.15, 0.2) is 18.3 Å². The molecule has 0 bridgehead atoms. The number of esters is 2. The van der Waals surface area contributed by atoms with Gasteiger partial charge in [0.2, 0.25) is 6.10 Å². The third kappa shape index (κ3) is 7.53. The molecular formula is C18H24N2O9. The van der Waals surface area contributed by atoms with E-state index in [1.807, 2.05) is 0 Å². The monoisotopic (exact) mass is 412 g/mol. The summed E-state index contributed by atoms with van der Waals surface area (Å²) in [6.45, 7) is 4.06. The van der Waals surface area contributed by atoms with Gasteiger partial charge in [0, 0.05) is 13.3 Å². The van der Waals surface area contributed by atoms with Gasteiger partial charge in [0.15, 0.2) is 25.8 Å². The Morgan fingerprint density at radius 1 is 1.17 bits per heavy atom. The van der Waals surface area contributed by atoms with E-state index in [1.54, 1.807) is 26.8 Å². The van der Waals surface area contributed by atoms with Gasteiger partial charge in [-0.2, -0.15) is 5.26 Å². The van der Waals surface area contributed by atoms with Crippen LogP contribution in [0.25, 0.3) is 0 Å². The van der Waals surface area contributed by atoms with Crippen LogP contribution in [0.1, 0.15) is 32.6 Å². The van der Waals surface area contributed by atoms with Crippen LogP contribution < -0.4 is 0 Å². The maximum absolute atomic E-state index is 12.3. The first-order chi connectivity index (χ1) is 13.6. The lowest BCUT2D eigenvalue weighted by Crippen LogP contribution is -2.38. The third-order valence-electron chi connectivity index (χ3n) is 3.57. The van der Waals surface area contributed by atoms with Crippen molar-refractivity contribution < 1.29 is 43.2 Å². The van der Waals surface area contributed by atoms with Gasteiger partial charge in [-0.05, 0) is 17.5 Å². The highest BCUT2D eigenvalue weighted by molar-refractivity contribution is 5.77. The highest BCUT2D eigenvalue weighted by Gasteiger charge is 2.33. The standard InChI is InChI=1S/C18H24N2O9/c1-18(2,3)14(25-4)17(24)29-10-27-13(11-6-5-7-20-11)16(23)28-9-26-12(8-19)15(21)22/h5-7,12-14,20H,9-10H2,1-4H3,(H,21,22)/t12-,13+,14-/m1/s1. The molecule has 1 aromatic heterocycles. The molecule has 3 atom stereocenters. The summed E-state index contributed by atoms with van der Waals surface area (Å²) < 4.78 is 24.9. The quantitative estimate of drug-likeness (QED) is 0.399. The van der Waals surface area contributed by atoms with E-state index >= 15 is 0 Å². The molecule has 1 rings (SSSR count). The van der Waals surface area contributed by atoms with E-state index in [0.29, 0.717) is 5.69 Å². The SMILES string of the molecule is CO[C@H](C(=O)OCO[C@H](C(=O)OCO[C@H](C#N)C(=O)O)c1ccc[nH]1)C(C)(C)C. The molecule has 0 aliphatic heterocycles. The van der Waals surface area contributed by atoms with Crippen molar-refractivity contribution in [2.75, 3.05) is 20.7 Å². The van der Waals surface area contributed by atoms with Gasteiger partial charge in [-0.15, -0.1) is 0 Å². The minimum absolute atomic E-state index is 0.306. The number of carbonyl (C=O) groups is 3. The van der Waals surface area contributed by atoms with Gasteiger partial charge in [0.05, 0.1) is 5.69 Å². The van der Waals surface area contributed by atoms with Crippen molar-refractivity contribution in [3.8, 4) is 6.07 Å². The number of hydrogen-bond acceptors (Lipinski definition) is 9. The molecule has 0 fully saturated rings. The minimum atomic E-state index is -1.78. The van der Waals surface area contributed by atoms with E-state index in [-0.39, 0.29) is 0 Å². The zero-order chi connectivity index (χ0) is 22.0. The van der Waals surface area contributed by atoms with Crippen LogP contribution in [0.2, 0.25) is 0 Å². The molecule has 0 saturated carbocycles. The second kappa shape index (κ2) is 11.2. The van der Waals surface area contributed by atoms with Crippen LogP contribution in [-0.4, -0.2) is 60.9 Å². The average Bonchev–Trinajstić information content (AvgIpc) is 3.15. The first-order valence-corrected chi connectivity index (χ1v) is 8.46. The summed E-state index contributed by atoms with van der Waals surface area (Å²) in [4.78, 5) is 37.9. The van der Waals surface area contributed by atoms with Crippen molar-refractivity contribution in [2.45, 2.75) is 39.1 Å². The van der Waals surface area contributed by atoms with Gasteiger partial charge in [0.1, 0.15) is 6.07 Å². The number of aromatic amines is 1. The highest BCUT2D eigenvalue weighted by Crippen LogP contribution is 2.23. The molecule has 1 heterocycles. The van der Waals surface area contributed by atoms with E-state index in [9.17, 15) is 14.4 Å². The number of nitriles is 1. The molecule has 11 nitrogen and oxygen atoms in total. The predicted molar refractivity (Wildman–Crippen MR) is 94.9 cm³/mol. The number of rotatable bonds is 11. The van der Waals surface area contributed by atoms with Crippen LogP contribution in [0.5, 0.6) is 0 Å². The van der Waals surface area contributed by atoms with Crippen LogP contribution in [0, 0.1) is 16.7 Å². The highest BCUT2D eigenvalue weighted by atomic mass is 16.7. The van der Waals surface area contributed by atoms with Crippen LogP contribution in [0.3, 0.4) is 0 Å². The summed E-state index contributed by atoms with van der Waals surface area (Å²) >= 11 is 0. The molecule has 0 aromatic carbocycles. The molecular weight excluding hydrogens is 388 g/mol. The van der Waals surface area contributed by atoms with Gasteiger partial charge in [0.25, 0.3) is 0 Å². The first-order valence-electron chi connectivity index (χ1n) is 8.46. The minimum Gasteiger partial charge on any atom is -0.479 e. The number of carboxylic acids is 1. The Balaban J connectivity index is 2.66. The number of aliphatic carboxylic acids is 1. The van der Waals surface area contributed by atoms with Crippen molar-refractivity contribution in [2.24, 2.45) is 5.41 Å². The Morgan fingerprint density at radius 2 is 1.79 bits per heavy atom. The maximum Gasteiger partial charge on any atom is 0.347 e. The maximum atomic E-state index is 12.3. The number of nitrogens with zero attached hydrogens (tertiary/aromatic N) is 1. The molecule has 11 heteroatoms. The number of aromatic nitrogens is 1. The summed E-state index contributed by atoms with van der Waals surface area (Å²) in [6.07, 6.45) is -2.38. The zero-order valence-electron chi connectivity index (χ0n) is 16.5. The topological polar surface area (TPSA) is 157 Å². The number of carboxylic acid groups (broad SMARTS) is 1. The Hall–Kier alpha value is -2.94. The molecule has 0 saturated heterocycles. The number of H-pyrrole nitrogens is 1. The van der Waals surface area contributed by atoms with E-state index in [0.717, 1.165) is 0 Å². The molecule has 0 radical (unpaired) electrons. The summed E-state index contributed by atoms with van der Waals surface area (Å²) in [7, 11) is 1.38. The fourth-order valence-corrected chi connectivity index (χ4v) is 2.23. The lowest BCUT2D eigenvalue weighted by atomic mass is 9.89. The number of carbonyl (C=O) groups excluding carboxylic acids is 2. The van der Waals surface area contributed by atoms with Gasteiger partial charge in [-0.25, -0.2) is 14.4 Å². The van der Waals surface area contributed by atoms with Crippen molar-refractivity contribution in [3.63, 3.8) is 0 Å². The molecule has 0 spiro atoms. The Labute approximate surface area is 167 Å². The summed E-state index contributed by atoms with van der Waals surface area (Å²) in [6, 6.07) is 4.54. The van der Waals surface area contributed by atoms with E-state index in [2.05, 4.69) is 9.72 Å². The number of hydrogen-bond donors (Lipinski definition) is 2. The molecule has 29 heavy (non-hydrogen) atoms. The Morgan fingerprint density at radius 3 is 2.28 bits per heavy atom. The van der Waals surface area contributed by atoms with Crippen LogP contribution in [0.4, 0.5) is 0 Å². The number of methoxy groups -OCH3 is 1. The van der Waals surface area contributed by atoms with E-state index < -0.39 is 55.2 Å². The van der Waals surface area contributed by atoms with E-state index in [4.69, 9.17) is 29.3 Å². The van der Waals surface area contributed by atoms with Crippen molar-refractivity contribution >= 4 is 17.9 Å². The molecule has 160 valence electrons. The predicted octanol–water partition coefficient (Wildman–Crippen LogP) is 1.13. The van der Waals surface area contributed by atoms with Gasteiger partial charge in [-0.3, -0.25) is 0 Å².